The van der Waals surface area contributed by atoms with Crippen LogP contribution in [0.2, 0.25) is 0 Å². The molecule has 0 saturated heterocycles. The number of amides is 2. The van der Waals surface area contributed by atoms with Crippen molar-refractivity contribution in [3.63, 3.8) is 0 Å². The molecule has 1 aromatic rings. The first-order valence-electron chi connectivity index (χ1n) is 4.78. The molecular formula is C9H15N3O2. The molecule has 1 aromatic heterocycles. The van der Waals surface area contributed by atoms with Crippen LogP contribution in [0.5, 0.6) is 0 Å². The summed E-state index contributed by atoms with van der Waals surface area (Å²) >= 11 is 0. The molecule has 1 rings (SSSR count). The highest BCUT2D eigenvalue weighted by Crippen LogP contribution is 2.02. The van der Waals surface area contributed by atoms with Gasteiger partial charge in [0.15, 0.2) is 0 Å². The minimum absolute atomic E-state index is 0.252. The van der Waals surface area contributed by atoms with Crippen molar-refractivity contribution in [2.45, 2.75) is 26.2 Å². The molecule has 2 amide bonds. The topological polar surface area (TPSA) is 67.2 Å². The number of aromatic nitrogens is 1. The summed E-state index contributed by atoms with van der Waals surface area (Å²) in [7, 11) is 0. The van der Waals surface area contributed by atoms with Crippen LogP contribution in [0.25, 0.3) is 0 Å². The zero-order valence-electron chi connectivity index (χ0n) is 8.25. The van der Waals surface area contributed by atoms with E-state index < -0.39 is 0 Å². The van der Waals surface area contributed by atoms with E-state index in [9.17, 15) is 4.79 Å². The lowest BCUT2D eigenvalue weighted by molar-refractivity contribution is 0.251. The van der Waals surface area contributed by atoms with E-state index in [2.05, 4.69) is 22.7 Å². The number of rotatable bonds is 5. The average Bonchev–Trinajstić information content (AvgIpc) is 2.65. The van der Waals surface area contributed by atoms with Gasteiger partial charge in [0.1, 0.15) is 0 Å². The Balaban J connectivity index is 2.11. The average molecular weight is 197 g/mol. The maximum Gasteiger partial charge on any atom is 0.321 e. The molecule has 0 aliphatic carbocycles. The molecule has 14 heavy (non-hydrogen) atoms. The van der Waals surface area contributed by atoms with E-state index in [1.54, 1.807) is 6.07 Å². The highest BCUT2D eigenvalue weighted by atomic mass is 16.5. The number of carbonyl (C=O) groups is 1. The van der Waals surface area contributed by atoms with Gasteiger partial charge >= 0.3 is 6.03 Å². The molecule has 0 spiro atoms. The lowest BCUT2D eigenvalue weighted by Crippen LogP contribution is -2.29. The quantitative estimate of drug-likeness (QED) is 0.709. The Bertz CT molecular complexity index is 259. The predicted octanol–water partition coefficient (Wildman–Crippen LogP) is 1.99. The Morgan fingerprint density at radius 2 is 2.43 bits per heavy atom. The van der Waals surface area contributed by atoms with Gasteiger partial charge < -0.3 is 9.84 Å². The lowest BCUT2D eigenvalue weighted by atomic mass is 10.2. The monoisotopic (exact) mass is 197 g/mol. The van der Waals surface area contributed by atoms with Crippen molar-refractivity contribution in [3.8, 4) is 0 Å². The van der Waals surface area contributed by atoms with Crippen LogP contribution in [0, 0.1) is 0 Å². The van der Waals surface area contributed by atoms with E-state index in [-0.39, 0.29) is 6.03 Å². The Labute approximate surface area is 82.8 Å². The number of hydrogen-bond donors (Lipinski definition) is 2. The van der Waals surface area contributed by atoms with Gasteiger partial charge in [-0.3, -0.25) is 5.32 Å². The second-order valence-corrected chi connectivity index (χ2v) is 2.96. The molecule has 0 aromatic carbocycles. The third-order valence-electron chi connectivity index (χ3n) is 1.74. The molecular weight excluding hydrogens is 182 g/mol. The van der Waals surface area contributed by atoms with Crippen molar-refractivity contribution < 1.29 is 9.32 Å². The van der Waals surface area contributed by atoms with E-state index in [4.69, 9.17) is 4.52 Å². The highest BCUT2D eigenvalue weighted by Gasteiger charge is 2.02. The molecule has 0 unspecified atom stereocenters. The first kappa shape index (κ1) is 10.6. The van der Waals surface area contributed by atoms with Crippen LogP contribution in [0.3, 0.4) is 0 Å². The molecule has 1 heterocycles. The molecule has 0 aliphatic heterocycles. The van der Waals surface area contributed by atoms with Crippen molar-refractivity contribution in [1.82, 2.24) is 10.5 Å². The standard InChI is InChI=1S/C9H15N3O2/c1-2-3-4-6-10-9(13)12-8-5-7-11-14-8/h5,7H,2-4,6H2,1H3,(H2,10,12,13). The van der Waals surface area contributed by atoms with Gasteiger partial charge in [-0.2, -0.15) is 0 Å². The van der Waals surface area contributed by atoms with Crippen LogP contribution < -0.4 is 10.6 Å². The summed E-state index contributed by atoms with van der Waals surface area (Å²) in [5.41, 5.74) is 0. The van der Waals surface area contributed by atoms with Gasteiger partial charge in [0.25, 0.3) is 0 Å². The van der Waals surface area contributed by atoms with Crippen LogP contribution in [-0.4, -0.2) is 17.7 Å². The van der Waals surface area contributed by atoms with Crippen molar-refractivity contribution in [2.24, 2.45) is 0 Å². The van der Waals surface area contributed by atoms with Crippen molar-refractivity contribution in [1.29, 1.82) is 0 Å². The zero-order chi connectivity index (χ0) is 10.2. The van der Waals surface area contributed by atoms with Crippen LogP contribution >= 0.6 is 0 Å². The van der Waals surface area contributed by atoms with Gasteiger partial charge in [-0.25, -0.2) is 4.79 Å². The number of unbranched alkanes of at least 4 members (excludes halogenated alkanes) is 2. The number of hydrogen-bond acceptors (Lipinski definition) is 3. The summed E-state index contributed by atoms with van der Waals surface area (Å²) in [4.78, 5) is 11.2. The fourth-order valence-electron chi connectivity index (χ4n) is 1.01. The number of nitrogens with one attached hydrogen (secondary N) is 2. The van der Waals surface area contributed by atoms with Crippen molar-refractivity contribution >= 4 is 11.9 Å². The molecule has 0 aliphatic rings. The summed E-state index contributed by atoms with van der Waals surface area (Å²) in [6.07, 6.45) is 4.75. The fraction of sp³-hybridized carbons (Fsp3) is 0.556. The first-order chi connectivity index (χ1) is 6.83. The largest absolute Gasteiger partial charge is 0.338 e. The van der Waals surface area contributed by atoms with E-state index in [0.29, 0.717) is 12.4 Å². The number of nitrogens with zero attached hydrogens (tertiary/aromatic N) is 1. The molecule has 78 valence electrons. The zero-order valence-corrected chi connectivity index (χ0v) is 8.25. The molecule has 0 saturated carbocycles. The Morgan fingerprint density at radius 3 is 3.07 bits per heavy atom. The molecule has 0 bridgehead atoms. The number of carbonyl (C=O) groups excluding carboxylic acids is 1. The van der Waals surface area contributed by atoms with Crippen LogP contribution in [0.15, 0.2) is 16.8 Å². The SMILES string of the molecule is CCCCCNC(=O)Nc1ccno1. The summed E-state index contributed by atoms with van der Waals surface area (Å²) in [6, 6.07) is 1.34. The summed E-state index contributed by atoms with van der Waals surface area (Å²) < 4.78 is 4.71. The minimum Gasteiger partial charge on any atom is -0.338 e. The van der Waals surface area contributed by atoms with Crippen LogP contribution in [-0.2, 0) is 0 Å². The third kappa shape index (κ3) is 3.93. The maximum atomic E-state index is 11.2. The Morgan fingerprint density at radius 1 is 1.57 bits per heavy atom. The van der Waals surface area contributed by atoms with E-state index in [1.807, 2.05) is 0 Å². The van der Waals surface area contributed by atoms with Gasteiger partial charge in [0.2, 0.25) is 5.88 Å². The molecule has 0 radical (unpaired) electrons. The third-order valence-corrected chi connectivity index (χ3v) is 1.74. The molecule has 0 atom stereocenters. The smallest absolute Gasteiger partial charge is 0.321 e. The van der Waals surface area contributed by atoms with Gasteiger partial charge in [0.05, 0.1) is 6.20 Å². The Kier molecular flexibility index (Phi) is 4.54. The molecule has 5 nitrogen and oxygen atoms in total. The Hall–Kier alpha value is -1.52. The first-order valence-corrected chi connectivity index (χ1v) is 4.78. The van der Waals surface area contributed by atoms with Gasteiger partial charge in [-0.1, -0.05) is 24.9 Å². The van der Waals surface area contributed by atoms with Crippen molar-refractivity contribution in [2.75, 3.05) is 11.9 Å². The number of urea groups is 1. The normalized spacial score (nSPS) is 9.79. The summed E-state index contributed by atoms with van der Waals surface area (Å²) in [5.74, 6) is 0.359. The van der Waals surface area contributed by atoms with Crippen molar-refractivity contribution in [3.05, 3.63) is 12.3 Å². The molecule has 0 fully saturated rings. The van der Waals surface area contributed by atoms with E-state index in [1.165, 1.54) is 6.20 Å². The van der Waals surface area contributed by atoms with E-state index >= 15 is 0 Å². The fourth-order valence-corrected chi connectivity index (χ4v) is 1.01. The van der Waals surface area contributed by atoms with Gasteiger partial charge in [0, 0.05) is 12.6 Å². The molecule has 2 N–H and O–H groups in total. The minimum atomic E-state index is -0.252. The second-order valence-electron chi connectivity index (χ2n) is 2.96. The van der Waals surface area contributed by atoms with Crippen LogP contribution in [0.1, 0.15) is 26.2 Å². The van der Waals surface area contributed by atoms with Gasteiger partial charge in [-0.15, -0.1) is 0 Å². The maximum absolute atomic E-state index is 11.2. The second kappa shape index (κ2) is 6.01. The van der Waals surface area contributed by atoms with E-state index in [0.717, 1.165) is 19.3 Å². The summed E-state index contributed by atoms with van der Waals surface area (Å²) in [5, 5.41) is 8.70. The predicted molar refractivity (Wildman–Crippen MR) is 53.0 cm³/mol. The number of anilines is 1. The molecule has 5 heteroatoms. The highest BCUT2D eigenvalue weighted by molar-refractivity contribution is 5.87. The summed E-state index contributed by atoms with van der Waals surface area (Å²) in [6.45, 7) is 2.81. The van der Waals surface area contributed by atoms with Crippen LogP contribution in [0.4, 0.5) is 10.7 Å². The lowest BCUT2D eigenvalue weighted by Gasteiger charge is -2.03. The van der Waals surface area contributed by atoms with Gasteiger partial charge in [-0.05, 0) is 6.42 Å².